The molecular weight excluding hydrogens is 507 g/mol. The van der Waals surface area contributed by atoms with E-state index in [1.807, 2.05) is 36.6 Å². The first-order valence-corrected chi connectivity index (χ1v) is 12.9. The first-order valence-electron chi connectivity index (χ1n) is 12.9. The Hall–Kier alpha value is -4.08. The number of aromatic nitrogens is 3. The summed E-state index contributed by atoms with van der Waals surface area (Å²) in [6, 6.07) is 13.1. The van der Waals surface area contributed by atoms with Crippen LogP contribution in [-0.2, 0) is 6.54 Å². The van der Waals surface area contributed by atoms with Crippen molar-refractivity contribution in [3.8, 4) is 5.75 Å². The van der Waals surface area contributed by atoms with Crippen molar-refractivity contribution < 1.29 is 22.7 Å². The number of ether oxygens (including phenoxy) is 1. The van der Waals surface area contributed by atoms with Crippen molar-refractivity contribution in [2.45, 2.75) is 52.4 Å². The molecule has 1 aliphatic rings. The van der Waals surface area contributed by atoms with Crippen LogP contribution in [0.25, 0.3) is 5.65 Å². The Bertz CT molecular complexity index is 1490. The first kappa shape index (κ1) is 26.5. The molecular formula is C29H30F3N5O2. The van der Waals surface area contributed by atoms with Crippen LogP contribution in [0.5, 0.6) is 5.75 Å². The normalized spacial score (nSPS) is 14.6. The van der Waals surface area contributed by atoms with Crippen LogP contribution in [0.1, 0.15) is 57.2 Å². The highest BCUT2D eigenvalue weighted by atomic mass is 19.4. The summed E-state index contributed by atoms with van der Waals surface area (Å²) in [7, 11) is 0. The lowest BCUT2D eigenvalue weighted by molar-refractivity contribution is -0.274. The monoisotopic (exact) mass is 537 g/mol. The van der Waals surface area contributed by atoms with E-state index in [1.165, 1.54) is 17.2 Å². The number of pyridine rings is 2. The van der Waals surface area contributed by atoms with E-state index < -0.39 is 6.36 Å². The second kappa shape index (κ2) is 10.6. The average molecular weight is 538 g/mol. The standard InChI is InChI=1S/C29H30F3N5O2/c1-18-8-13-37-26(14-18)35-20(3)27(37)28(38)34-16-21-4-6-24(19(2)15-21)22-9-11-36(12-10-22)25-7-5-23(17-33-25)39-29(30,31)32/h4-8,13-15,17,22H,9-12,16H2,1-3H3,(H,34,38). The molecule has 1 N–H and O–H groups in total. The number of benzene rings is 1. The van der Waals surface area contributed by atoms with Gasteiger partial charge in [-0.1, -0.05) is 18.2 Å². The Morgan fingerprint density at radius 3 is 2.51 bits per heavy atom. The van der Waals surface area contributed by atoms with E-state index in [9.17, 15) is 18.0 Å². The molecule has 3 aromatic heterocycles. The number of hydrogen-bond acceptors (Lipinski definition) is 5. The number of nitrogens with one attached hydrogen (secondary N) is 1. The fourth-order valence-electron chi connectivity index (χ4n) is 5.28. The predicted octanol–water partition coefficient (Wildman–Crippen LogP) is 5.87. The summed E-state index contributed by atoms with van der Waals surface area (Å²) in [6.07, 6.45) is 0.0678. The van der Waals surface area contributed by atoms with E-state index in [-0.39, 0.29) is 11.7 Å². The van der Waals surface area contributed by atoms with Crippen molar-refractivity contribution in [2.75, 3.05) is 18.0 Å². The molecule has 39 heavy (non-hydrogen) atoms. The molecule has 0 bridgehead atoms. The minimum Gasteiger partial charge on any atom is -0.404 e. The fraction of sp³-hybridized carbons (Fsp3) is 0.345. The van der Waals surface area contributed by atoms with Crippen LogP contribution in [0, 0.1) is 20.8 Å². The van der Waals surface area contributed by atoms with Gasteiger partial charge in [0.15, 0.2) is 0 Å². The zero-order valence-corrected chi connectivity index (χ0v) is 22.0. The molecule has 5 rings (SSSR count). The van der Waals surface area contributed by atoms with Crippen molar-refractivity contribution in [3.63, 3.8) is 0 Å². The topological polar surface area (TPSA) is 71.8 Å². The molecule has 0 saturated carbocycles. The van der Waals surface area contributed by atoms with Crippen molar-refractivity contribution in [1.82, 2.24) is 19.7 Å². The van der Waals surface area contributed by atoms with E-state index in [1.54, 1.807) is 6.07 Å². The number of hydrogen-bond donors (Lipinski definition) is 1. The second-order valence-corrected chi connectivity index (χ2v) is 10.0. The van der Waals surface area contributed by atoms with Gasteiger partial charge in [-0.05, 0) is 86.1 Å². The third-order valence-corrected chi connectivity index (χ3v) is 7.17. The largest absolute Gasteiger partial charge is 0.573 e. The van der Waals surface area contributed by atoms with Crippen molar-refractivity contribution in [3.05, 3.63) is 88.5 Å². The summed E-state index contributed by atoms with van der Waals surface area (Å²) in [4.78, 5) is 23.7. The average Bonchev–Trinajstić information content (AvgIpc) is 3.22. The molecule has 4 aromatic rings. The van der Waals surface area contributed by atoms with Gasteiger partial charge in [-0.3, -0.25) is 9.20 Å². The maximum absolute atomic E-state index is 13.0. The van der Waals surface area contributed by atoms with Crippen LogP contribution in [-0.4, -0.2) is 39.7 Å². The van der Waals surface area contributed by atoms with E-state index in [4.69, 9.17) is 0 Å². The van der Waals surface area contributed by atoms with E-state index >= 15 is 0 Å². The predicted molar refractivity (Wildman–Crippen MR) is 142 cm³/mol. The van der Waals surface area contributed by atoms with Crippen LogP contribution >= 0.6 is 0 Å². The lowest BCUT2D eigenvalue weighted by atomic mass is 9.86. The number of alkyl halides is 3. The molecule has 0 aliphatic carbocycles. The van der Waals surface area contributed by atoms with Gasteiger partial charge >= 0.3 is 6.36 Å². The molecule has 1 saturated heterocycles. The molecule has 7 nitrogen and oxygen atoms in total. The fourth-order valence-corrected chi connectivity index (χ4v) is 5.28. The van der Waals surface area contributed by atoms with Crippen molar-refractivity contribution in [1.29, 1.82) is 0 Å². The number of carbonyl (C=O) groups is 1. The van der Waals surface area contributed by atoms with Gasteiger partial charge in [-0.15, -0.1) is 13.2 Å². The maximum atomic E-state index is 13.0. The van der Waals surface area contributed by atoms with E-state index in [2.05, 4.69) is 50.0 Å². The number of aryl methyl sites for hydroxylation is 3. The van der Waals surface area contributed by atoms with Gasteiger partial charge in [0, 0.05) is 25.8 Å². The summed E-state index contributed by atoms with van der Waals surface area (Å²) < 4.78 is 42.9. The quantitative estimate of drug-likeness (QED) is 0.333. The third-order valence-electron chi connectivity index (χ3n) is 7.17. The van der Waals surface area contributed by atoms with Gasteiger partial charge < -0.3 is 15.0 Å². The van der Waals surface area contributed by atoms with Gasteiger partial charge in [0.1, 0.15) is 22.9 Å². The minimum absolute atomic E-state index is 0.162. The Morgan fingerprint density at radius 2 is 1.85 bits per heavy atom. The van der Waals surface area contributed by atoms with Gasteiger partial charge in [-0.2, -0.15) is 0 Å². The number of amides is 1. The first-order chi connectivity index (χ1) is 18.6. The highest BCUT2D eigenvalue weighted by Crippen LogP contribution is 2.33. The number of halogens is 3. The van der Waals surface area contributed by atoms with Gasteiger partial charge in [0.25, 0.3) is 5.91 Å². The lowest BCUT2D eigenvalue weighted by Gasteiger charge is -2.33. The Labute approximate surface area is 224 Å². The molecule has 0 spiro atoms. The highest BCUT2D eigenvalue weighted by Gasteiger charge is 2.31. The number of carbonyl (C=O) groups excluding carboxylic acids is 1. The lowest BCUT2D eigenvalue weighted by Crippen LogP contribution is -2.33. The smallest absolute Gasteiger partial charge is 0.404 e. The number of piperidine rings is 1. The molecule has 1 fully saturated rings. The van der Waals surface area contributed by atoms with Crippen LogP contribution in [0.4, 0.5) is 19.0 Å². The molecule has 1 amide bonds. The molecule has 4 heterocycles. The maximum Gasteiger partial charge on any atom is 0.573 e. The number of anilines is 1. The van der Waals surface area contributed by atoms with Crippen LogP contribution < -0.4 is 15.0 Å². The van der Waals surface area contributed by atoms with Gasteiger partial charge in [0.2, 0.25) is 0 Å². The number of nitrogens with zero attached hydrogens (tertiary/aromatic N) is 4. The summed E-state index contributed by atoms with van der Waals surface area (Å²) >= 11 is 0. The zero-order chi connectivity index (χ0) is 27.7. The Balaban J connectivity index is 1.18. The van der Waals surface area contributed by atoms with Crippen LogP contribution in [0.3, 0.4) is 0 Å². The minimum atomic E-state index is -4.73. The Morgan fingerprint density at radius 1 is 1.08 bits per heavy atom. The number of imidazole rings is 1. The molecule has 0 atom stereocenters. The molecule has 10 heteroatoms. The van der Waals surface area contributed by atoms with Crippen LogP contribution in [0.2, 0.25) is 0 Å². The second-order valence-electron chi connectivity index (χ2n) is 10.0. The number of rotatable bonds is 6. The van der Waals surface area contributed by atoms with E-state index in [0.29, 0.717) is 29.7 Å². The van der Waals surface area contributed by atoms with Crippen molar-refractivity contribution >= 4 is 17.4 Å². The van der Waals surface area contributed by atoms with Gasteiger partial charge in [-0.25, -0.2) is 9.97 Å². The molecule has 1 aliphatic heterocycles. The summed E-state index contributed by atoms with van der Waals surface area (Å²) in [6.45, 7) is 7.85. The SMILES string of the molecule is Cc1ccn2c(C(=O)NCc3ccc(C4CCN(c5ccc(OC(F)(F)F)cn5)CC4)c(C)c3)c(C)nc2c1. The van der Waals surface area contributed by atoms with E-state index in [0.717, 1.165) is 48.9 Å². The molecule has 1 aromatic carbocycles. The summed E-state index contributed by atoms with van der Waals surface area (Å²) in [5, 5.41) is 3.03. The van der Waals surface area contributed by atoms with Crippen molar-refractivity contribution in [2.24, 2.45) is 0 Å². The molecule has 204 valence electrons. The third kappa shape index (κ3) is 6.00. The molecule has 0 unspecified atom stereocenters. The summed E-state index contributed by atoms with van der Waals surface area (Å²) in [5.74, 6) is 0.533. The van der Waals surface area contributed by atoms with Crippen LogP contribution in [0.15, 0.2) is 54.9 Å². The highest BCUT2D eigenvalue weighted by molar-refractivity contribution is 5.94. The Kier molecular flexibility index (Phi) is 7.20. The number of fused-ring (bicyclic) bond motifs is 1. The van der Waals surface area contributed by atoms with Gasteiger partial charge in [0.05, 0.1) is 11.9 Å². The summed E-state index contributed by atoms with van der Waals surface area (Å²) in [5.41, 5.74) is 6.56. The zero-order valence-electron chi connectivity index (χ0n) is 22.0. The molecule has 0 radical (unpaired) electrons.